The van der Waals surface area contributed by atoms with E-state index in [0.717, 1.165) is 44.3 Å². The number of ketones is 1. The minimum Gasteiger partial charge on any atom is -0.494 e. The molecule has 0 aliphatic rings. The van der Waals surface area contributed by atoms with Crippen molar-refractivity contribution < 1.29 is 23.6 Å². The zero-order valence-corrected chi connectivity index (χ0v) is 19.2. The third-order valence-corrected chi connectivity index (χ3v) is 5.37. The molecule has 0 aliphatic heterocycles. The number of aryl methyl sites for hydroxylation is 1. The summed E-state index contributed by atoms with van der Waals surface area (Å²) in [5, 5.41) is 0. The van der Waals surface area contributed by atoms with Crippen molar-refractivity contribution in [2.24, 2.45) is 7.05 Å². The van der Waals surface area contributed by atoms with Gasteiger partial charge in [0.15, 0.2) is 18.2 Å². The minimum absolute atomic E-state index is 0. The van der Waals surface area contributed by atoms with Gasteiger partial charge in [0.2, 0.25) is 0 Å². The third kappa shape index (κ3) is 8.81. The average molecular weight is 463 g/mol. The molecular weight excluding hydrogens is 426 g/mol. The molecule has 180 valence electrons. The van der Waals surface area contributed by atoms with E-state index >= 15 is 0 Å². The summed E-state index contributed by atoms with van der Waals surface area (Å²) in [7, 11) is 1.88. The molecule has 0 unspecified atom stereocenters. The summed E-state index contributed by atoms with van der Waals surface area (Å²) < 4.78 is 13.0. The van der Waals surface area contributed by atoms with E-state index in [-0.39, 0.29) is 19.2 Å². The molecule has 0 saturated heterocycles. The summed E-state index contributed by atoms with van der Waals surface area (Å²) in [5.74, 6) is 0.542. The zero-order valence-electron chi connectivity index (χ0n) is 19.2. The summed E-state index contributed by atoms with van der Waals surface area (Å²) in [4.78, 5) is 24.4. The maximum Gasteiger partial charge on any atom is 0.344 e. The molecule has 0 saturated carbocycles. The molecule has 0 aliphatic carbocycles. The number of benzene rings is 2. The fraction of sp³-hybridized carbons (Fsp3) is 0.345. The minimum atomic E-state index is -0.263. The predicted molar refractivity (Wildman–Crippen MR) is 134 cm³/mol. The Kier molecular flexibility index (Phi) is 11.5. The van der Waals surface area contributed by atoms with Crippen LogP contribution < -0.4 is 9.30 Å². The Hall–Kier alpha value is -3.47. The van der Waals surface area contributed by atoms with E-state index in [9.17, 15) is 9.59 Å². The van der Waals surface area contributed by atoms with Gasteiger partial charge in [-0.15, -0.1) is 0 Å². The maximum atomic E-state index is 12.4. The first-order valence-corrected chi connectivity index (χ1v) is 11.6. The zero-order chi connectivity index (χ0) is 23.3. The van der Waals surface area contributed by atoms with Gasteiger partial charge in [-0.2, -0.15) is 0 Å². The van der Waals surface area contributed by atoms with Crippen LogP contribution in [0.25, 0.3) is 0 Å². The Morgan fingerprint density at radius 2 is 1.29 bits per heavy atom. The molecule has 0 spiro atoms. The molecule has 0 atom stereocenters. The van der Waals surface area contributed by atoms with Crippen molar-refractivity contribution in [2.45, 2.75) is 46.0 Å². The molecule has 0 fully saturated rings. The maximum absolute atomic E-state index is 12.4. The number of hydrogen-bond acceptors (Lipinski definition) is 4. The van der Waals surface area contributed by atoms with Crippen LogP contribution in [0, 0.1) is 0 Å². The van der Waals surface area contributed by atoms with E-state index in [1.165, 1.54) is 0 Å². The van der Waals surface area contributed by atoms with E-state index in [4.69, 9.17) is 9.47 Å². The van der Waals surface area contributed by atoms with E-state index < -0.39 is 0 Å². The second kappa shape index (κ2) is 14.6. The van der Waals surface area contributed by atoms with Gasteiger partial charge in [-0.05, 0) is 43.2 Å². The van der Waals surface area contributed by atoms with Crippen LogP contribution in [0.1, 0.15) is 72.2 Å². The lowest BCUT2D eigenvalue weighted by Gasteiger charge is -2.07. The van der Waals surface area contributed by atoms with Crippen molar-refractivity contribution in [1.29, 1.82) is 0 Å². The number of ether oxygens (including phenoxy) is 2. The monoisotopic (exact) mass is 462 g/mol. The van der Waals surface area contributed by atoms with E-state index in [1.807, 2.05) is 78.5 Å². The molecule has 5 nitrogen and oxygen atoms in total. The Labute approximate surface area is 203 Å². The van der Waals surface area contributed by atoms with Gasteiger partial charge in [-0.3, -0.25) is 4.79 Å². The second-order valence-electron chi connectivity index (χ2n) is 8.08. The molecule has 0 bridgehead atoms. The Balaban J connectivity index is 0.00000408. The second-order valence-corrected chi connectivity index (χ2v) is 8.08. The van der Waals surface area contributed by atoms with Crippen LogP contribution in [0.3, 0.4) is 0 Å². The van der Waals surface area contributed by atoms with Gasteiger partial charge in [0.1, 0.15) is 18.4 Å². The summed E-state index contributed by atoms with van der Waals surface area (Å²) in [6.45, 7) is 1.13. The number of carbonyl (C=O) groups is 2. The topological polar surface area (TPSA) is 56.5 Å². The van der Waals surface area contributed by atoms with E-state index in [0.29, 0.717) is 29.9 Å². The largest absolute Gasteiger partial charge is 0.494 e. The first-order chi connectivity index (χ1) is 16.1. The number of aromatic nitrogens is 1. The van der Waals surface area contributed by atoms with Crippen LogP contribution in [0.2, 0.25) is 0 Å². The molecule has 1 aromatic heterocycles. The van der Waals surface area contributed by atoms with Crippen LogP contribution in [-0.2, 0) is 11.8 Å². The van der Waals surface area contributed by atoms with Crippen LogP contribution in [-0.4, -0.2) is 25.0 Å². The van der Waals surface area contributed by atoms with Crippen molar-refractivity contribution in [3.63, 3.8) is 0 Å². The molecule has 0 N–H and O–H groups in total. The highest BCUT2D eigenvalue weighted by Crippen LogP contribution is 2.16. The highest BCUT2D eigenvalue weighted by Gasteiger charge is 2.10. The van der Waals surface area contributed by atoms with Crippen LogP contribution in [0.5, 0.6) is 5.75 Å². The molecule has 1 heterocycles. The average Bonchev–Trinajstić information content (AvgIpc) is 2.85. The molecule has 5 heteroatoms. The lowest BCUT2D eigenvalue weighted by Crippen LogP contribution is -2.28. The Morgan fingerprint density at radius 1 is 0.706 bits per heavy atom. The quantitative estimate of drug-likeness (QED) is 0.136. The Morgan fingerprint density at radius 3 is 1.97 bits per heavy atom. The number of nitrogens with zero attached hydrogens (tertiary/aromatic N) is 1. The molecule has 3 rings (SSSR count). The first kappa shape index (κ1) is 26.8. The fourth-order valence-electron chi connectivity index (χ4n) is 3.52. The molecular formula is C29H36NO4+. The molecule has 0 amide bonds. The smallest absolute Gasteiger partial charge is 0.344 e. The van der Waals surface area contributed by atoms with Crippen molar-refractivity contribution >= 4 is 11.8 Å². The van der Waals surface area contributed by atoms with Crippen molar-refractivity contribution in [3.05, 3.63) is 95.8 Å². The first-order valence-electron chi connectivity index (χ1n) is 11.6. The van der Waals surface area contributed by atoms with Gasteiger partial charge in [0, 0.05) is 17.2 Å². The summed E-state index contributed by atoms with van der Waals surface area (Å²) in [5.41, 5.74) is 1.93. The summed E-state index contributed by atoms with van der Waals surface area (Å²) in [6, 6.07) is 20.2. The lowest BCUT2D eigenvalue weighted by molar-refractivity contribution is -0.671. The molecule has 34 heavy (non-hydrogen) atoms. The van der Waals surface area contributed by atoms with Crippen molar-refractivity contribution in [1.82, 2.24) is 0 Å². The third-order valence-electron chi connectivity index (χ3n) is 5.37. The summed E-state index contributed by atoms with van der Waals surface area (Å²) >= 11 is 0. The van der Waals surface area contributed by atoms with Gasteiger partial charge < -0.3 is 9.47 Å². The lowest BCUT2D eigenvalue weighted by atomic mass is 10.0. The van der Waals surface area contributed by atoms with Gasteiger partial charge in [0.25, 0.3) is 0 Å². The number of esters is 1. The van der Waals surface area contributed by atoms with Crippen LogP contribution in [0.4, 0.5) is 0 Å². The summed E-state index contributed by atoms with van der Waals surface area (Å²) in [6.07, 6.45) is 9.93. The number of pyridine rings is 1. The number of unbranched alkanes of at least 4 members (excludes halogenated alkanes) is 5. The van der Waals surface area contributed by atoms with Gasteiger partial charge in [0.05, 0.1) is 13.2 Å². The normalized spacial score (nSPS) is 10.3. The van der Waals surface area contributed by atoms with Crippen LogP contribution in [0.15, 0.2) is 79.1 Å². The fourth-order valence-corrected chi connectivity index (χ4v) is 3.52. The highest BCUT2D eigenvalue weighted by atomic mass is 16.5. The van der Waals surface area contributed by atoms with E-state index in [1.54, 1.807) is 12.3 Å². The SMILES string of the molecule is C.C[n+]1cccc(C(=O)OCCCCCCCCOc2ccc(C(=O)c3ccccc3)cc2)c1. The van der Waals surface area contributed by atoms with Crippen molar-refractivity contribution in [2.75, 3.05) is 13.2 Å². The predicted octanol–water partition coefficient (Wildman–Crippen LogP) is 5.95. The molecule has 0 radical (unpaired) electrons. The number of hydrogen-bond donors (Lipinski definition) is 0. The molecule has 2 aromatic carbocycles. The van der Waals surface area contributed by atoms with Gasteiger partial charge >= 0.3 is 5.97 Å². The number of carbonyl (C=O) groups excluding carboxylic acids is 2. The van der Waals surface area contributed by atoms with E-state index in [2.05, 4.69) is 0 Å². The van der Waals surface area contributed by atoms with Crippen molar-refractivity contribution in [3.8, 4) is 5.75 Å². The van der Waals surface area contributed by atoms with Gasteiger partial charge in [-0.25, -0.2) is 9.36 Å². The molecule has 3 aromatic rings. The highest BCUT2D eigenvalue weighted by molar-refractivity contribution is 6.08. The van der Waals surface area contributed by atoms with Crippen LogP contribution >= 0.6 is 0 Å². The number of rotatable bonds is 13. The standard InChI is InChI=1S/C28H32NO4.CH4/c1-29-19-11-14-25(22-29)28(31)33-21-10-5-3-2-4-9-20-32-26-17-15-24(16-18-26)27(30)23-12-7-6-8-13-23;/h6-8,11-19,22H,2-5,9-10,20-21H2,1H3;1H4/q+1;. The Bertz CT molecular complexity index is 1020. The van der Waals surface area contributed by atoms with Gasteiger partial charge in [-0.1, -0.05) is 63.4 Å².